The second kappa shape index (κ2) is 5.73. The van der Waals surface area contributed by atoms with E-state index in [4.69, 9.17) is 18.6 Å². The molecule has 10 atom stereocenters. The standard InChI is InChI=1S/C25H32O8/c1-20(2)14-9-15(27)23(5)16(22(14,4)24(6,29)33-20)13(26)10-21(3)17(12-7-8-30-11-12)31-19(28)18-25(21,23)32-18/h7-8,11,13-14,16-18,26,29H,9-10H2,1-6H3/t13-,14-,16+,17-,18+,21-,22-,23+,24-,25+/m0/s1. The predicted octanol–water partition coefficient (Wildman–Crippen LogP) is 2.52. The molecule has 1 aromatic heterocycles. The SMILES string of the molecule is CC1(C)O[C@](C)(O)[C@]2(C)[C@H]3[C@@H](O)C[C@@]4(C)[C@H](c5ccoc5)OC(=O)[C@H]5O[C@]54[C@]3(C)C(=O)C[C@@H]12. The quantitative estimate of drug-likeness (QED) is 0.485. The van der Waals surface area contributed by atoms with E-state index >= 15 is 0 Å². The van der Waals surface area contributed by atoms with Crippen LogP contribution in [0.15, 0.2) is 23.0 Å². The van der Waals surface area contributed by atoms with E-state index in [0.717, 1.165) is 0 Å². The van der Waals surface area contributed by atoms with Gasteiger partial charge >= 0.3 is 5.97 Å². The van der Waals surface area contributed by atoms with Gasteiger partial charge in [0, 0.05) is 34.7 Å². The molecule has 1 spiro atoms. The Labute approximate surface area is 192 Å². The number of ketones is 1. The third kappa shape index (κ3) is 2.06. The van der Waals surface area contributed by atoms with Gasteiger partial charge in [-0.3, -0.25) is 4.79 Å². The third-order valence-corrected chi connectivity index (χ3v) is 10.4. The van der Waals surface area contributed by atoms with Crippen LogP contribution >= 0.6 is 0 Å². The molecular formula is C25H32O8. The van der Waals surface area contributed by atoms with E-state index in [1.807, 2.05) is 34.6 Å². The Morgan fingerprint density at radius 3 is 2.39 bits per heavy atom. The number of rotatable bonds is 1. The molecule has 6 rings (SSSR count). The Hall–Kier alpha value is -1.74. The van der Waals surface area contributed by atoms with E-state index in [1.165, 1.54) is 12.5 Å². The van der Waals surface area contributed by atoms with Crippen molar-refractivity contribution < 1.29 is 38.4 Å². The highest BCUT2D eigenvalue weighted by molar-refractivity contribution is 5.93. The van der Waals surface area contributed by atoms with Crippen molar-refractivity contribution in [3.8, 4) is 0 Å². The van der Waals surface area contributed by atoms with Crippen LogP contribution in [-0.4, -0.2) is 51.2 Å². The normalized spacial score (nSPS) is 56.3. The lowest BCUT2D eigenvalue weighted by Gasteiger charge is -2.66. The Morgan fingerprint density at radius 1 is 1.06 bits per heavy atom. The maximum Gasteiger partial charge on any atom is 0.339 e. The summed E-state index contributed by atoms with van der Waals surface area (Å²) >= 11 is 0. The number of aliphatic hydroxyl groups is 2. The largest absolute Gasteiger partial charge is 0.472 e. The molecule has 0 bridgehead atoms. The fraction of sp³-hybridized carbons (Fsp3) is 0.760. The maximum atomic E-state index is 14.1. The van der Waals surface area contributed by atoms with Gasteiger partial charge in [0.1, 0.15) is 17.5 Å². The number of carbonyl (C=O) groups is 2. The van der Waals surface area contributed by atoms with E-state index in [2.05, 4.69) is 0 Å². The first-order valence-electron chi connectivity index (χ1n) is 11.7. The molecule has 5 fully saturated rings. The zero-order valence-electron chi connectivity index (χ0n) is 19.9. The number of hydrogen-bond acceptors (Lipinski definition) is 8. The van der Waals surface area contributed by atoms with Crippen LogP contribution in [0.2, 0.25) is 0 Å². The Kier molecular flexibility index (Phi) is 3.78. The zero-order chi connectivity index (χ0) is 24.0. The van der Waals surface area contributed by atoms with Crippen LogP contribution in [0.5, 0.6) is 0 Å². The number of hydrogen-bond donors (Lipinski definition) is 2. The lowest BCUT2D eigenvalue weighted by molar-refractivity contribution is -0.289. The number of carbonyl (C=O) groups excluding carboxylic acids is 2. The second-order valence-electron chi connectivity index (χ2n) is 12.1. The van der Waals surface area contributed by atoms with Crippen molar-refractivity contribution in [1.29, 1.82) is 0 Å². The zero-order valence-corrected chi connectivity index (χ0v) is 19.9. The first-order valence-corrected chi connectivity index (χ1v) is 11.7. The number of furan rings is 1. The lowest BCUT2D eigenvalue weighted by Crippen LogP contribution is -2.75. The minimum absolute atomic E-state index is 0.0718. The molecular weight excluding hydrogens is 428 g/mol. The lowest BCUT2D eigenvalue weighted by atomic mass is 9.36. The van der Waals surface area contributed by atoms with E-state index in [9.17, 15) is 19.8 Å². The number of cyclic esters (lactones) is 1. The van der Waals surface area contributed by atoms with Gasteiger partial charge in [0.25, 0.3) is 0 Å². The Balaban J connectivity index is 1.58. The topological polar surface area (TPSA) is 119 Å². The molecule has 2 aliphatic carbocycles. The molecule has 180 valence electrons. The van der Waals surface area contributed by atoms with Crippen molar-refractivity contribution in [2.24, 2.45) is 28.1 Å². The van der Waals surface area contributed by atoms with Crippen LogP contribution < -0.4 is 0 Å². The summed E-state index contributed by atoms with van der Waals surface area (Å²) in [6.45, 7) is 11.0. The van der Waals surface area contributed by atoms with Crippen molar-refractivity contribution >= 4 is 11.8 Å². The number of fused-ring (bicyclic) bond motifs is 3. The number of aliphatic hydroxyl groups excluding tert-OH is 1. The van der Waals surface area contributed by atoms with E-state index in [1.54, 1.807) is 13.0 Å². The molecule has 3 saturated heterocycles. The number of ether oxygens (including phenoxy) is 3. The highest BCUT2D eigenvalue weighted by Gasteiger charge is 2.91. The van der Waals surface area contributed by atoms with E-state index in [0.29, 0.717) is 5.56 Å². The van der Waals surface area contributed by atoms with Gasteiger partial charge in [0.2, 0.25) is 0 Å². The number of esters is 1. The molecule has 5 aliphatic rings. The molecule has 8 nitrogen and oxygen atoms in total. The van der Waals surface area contributed by atoms with Crippen molar-refractivity contribution in [3.05, 3.63) is 24.2 Å². The summed E-state index contributed by atoms with van der Waals surface area (Å²) in [6, 6.07) is 1.73. The third-order valence-electron chi connectivity index (χ3n) is 10.4. The van der Waals surface area contributed by atoms with E-state index in [-0.39, 0.29) is 24.5 Å². The predicted molar refractivity (Wildman–Crippen MR) is 112 cm³/mol. The molecule has 0 amide bonds. The maximum absolute atomic E-state index is 14.1. The first kappa shape index (κ1) is 21.8. The van der Waals surface area contributed by atoms with Gasteiger partial charge in [0.05, 0.1) is 29.6 Å². The minimum atomic E-state index is -1.58. The summed E-state index contributed by atoms with van der Waals surface area (Å²) in [6.07, 6.45) is 0.855. The average molecular weight is 461 g/mol. The minimum Gasteiger partial charge on any atom is -0.472 e. The van der Waals surface area contributed by atoms with Crippen LogP contribution in [0.25, 0.3) is 0 Å². The summed E-state index contributed by atoms with van der Waals surface area (Å²) in [5.74, 6) is -3.15. The molecule has 3 aliphatic heterocycles. The molecule has 4 heterocycles. The van der Waals surface area contributed by atoms with Crippen LogP contribution in [0.4, 0.5) is 0 Å². The first-order chi connectivity index (χ1) is 15.2. The van der Waals surface area contributed by atoms with Crippen molar-refractivity contribution in [2.75, 3.05) is 0 Å². The van der Waals surface area contributed by atoms with Crippen LogP contribution in [0.3, 0.4) is 0 Å². The number of Topliss-reactive ketones (excluding diaryl/α,β-unsaturated/α-hetero) is 1. The van der Waals surface area contributed by atoms with Crippen molar-refractivity contribution in [1.82, 2.24) is 0 Å². The Morgan fingerprint density at radius 2 is 1.76 bits per heavy atom. The fourth-order valence-electron chi connectivity index (χ4n) is 9.06. The summed E-state index contributed by atoms with van der Waals surface area (Å²) in [4.78, 5) is 27.2. The van der Waals surface area contributed by atoms with Gasteiger partial charge < -0.3 is 28.8 Å². The van der Waals surface area contributed by atoms with Gasteiger partial charge in [0.15, 0.2) is 11.9 Å². The van der Waals surface area contributed by atoms with Crippen LogP contribution in [0.1, 0.15) is 66.1 Å². The molecule has 8 heteroatoms. The molecule has 0 unspecified atom stereocenters. The molecule has 1 aromatic rings. The Bertz CT molecular complexity index is 1060. The summed E-state index contributed by atoms with van der Waals surface area (Å²) in [7, 11) is 0. The molecule has 0 aromatic carbocycles. The van der Waals surface area contributed by atoms with Gasteiger partial charge in [-0.05, 0) is 40.2 Å². The average Bonchev–Trinajstić information content (AvgIpc) is 3.23. The van der Waals surface area contributed by atoms with Crippen molar-refractivity contribution in [2.45, 2.75) is 89.7 Å². The molecule has 0 radical (unpaired) electrons. The van der Waals surface area contributed by atoms with Gasteiger partial charge in [-0.15, -0.1) is 0 Å². The van der Waals surface area contributed by atoms with Crippen LogP contribution in [-0.2, 0) is 23.8 Å². The highest BCUT2D eigenvalue weighted by Crippen LogP contribution is 2.80. The second-order valence-corrected chi connectivity index (χ2v) is 12.1. The summed E-state index contributed by atoms with van der Waals surface area (Å²) in [5, 5.41) is 23.3. The van der Waals surface area contributed by atoms with Gasteiger partial charge in [-0.25, -0.2) is 4.79 Å². The van der Waals surface area contributed by atoms with Gasteiger partial charge in [-0.1, -0.05) is 13.8 Å². The van der Waals surface area contributed by atoms with Crippen LogP contribution in [0, 0.1) is 28.1 Å². The van der Waals surface area contributed by atoms with Gasteiger partial charge in [-0.2, -0.15) is 0 Å². The van der Waals surface area contributed by atoms with Crippen molar-refractivity contribution in [3.63, 3.8) is 0 Å². The highest BCUT2D eigenvalue weighted by atomic mass is 16.7. The summed E-state index contributed by atoms with van der Waals surface area (Å²) in [5.41, 5.74) is -4.31. The molecule has 2 saturated carbocycles. The fourth-order valence-corrected chi connectivity index (χ4v) is 9.06. The smallest absolute Gasteiger partial charge is 0.339 e. The summed E-state index contributed by atoms with van der Waals surface area (Å²) < 4.78 is 23.5. The molecule has 33 heavy (non-hydrogen) atoms. The van der Waals surface area contributed by atoms with E-state index < -0.39 is 63.4 Å². The molecule has 2 N–H and O–H groups in total. The monoisotopic (exact) mass is 460 g/mol. The number of epoxide rings is 1.